The van der Waals surface area contributed by atoms with Gasteiger partial charge in [-0.15, -0.1) is 11.6 Å². The minimum absolute atomic E-state index is 0.231. The Hall–Kier alpha value is -0.730. The number of halogens is 1. The lowest BCUT2D eigenvalue weighted by Crippen LogP contribution is -2.33. The molecule has 1 aromatic carbocycles. The zero-order valence-corrected chi connectivity index (χ0v) is 13.5. The molecule has 1 heterocycles. The van der Waals surface area contributed by atoms with E-state index in [1.54, 1.807) is 0 Å². The van der Waals surface area contributed by atoms with Crippen molar-refractivity contribution in [3.63, 3.8) is 0 Å². The van der Waals surface area contributed by atoms with E-state index in [9.17, 15) is 0 Å². The zero-order chi connectivity index (χ0) is 14.5. The second-order valence-corrected chi connectivity index (χ2v) is 6.92. The summed E-state index contributed by atoms with van der Waals surface area (Å²) < 4.78 is 6.39. The maximum Gasteiger partial charge on any atom is 0.0756 e. The molecule has 2 nitrogen and oxygen atoms in total. The minimum Gasteiger partial charge on any atom is -0.382 e. The third kappa shape index (κ3) is 3.92. The Labute approximate surface area is 133 Å². The summed E-state index contributed by atoms with van der Waals surface area (Å²) in [5.41, 5.74) is 2.71. The summed E-state index contributed by atoms with van der Waals surface area (Å²) in [7, 11) is 0. The average Bonchev–Trinajstić information content (AvgIpc) is 2.90. The van der Waals surface area contributed by atoms with E-state index in [0.717, 1.165) is 13.0 Å². The summed E-state index contributed by atoms with van der Waals surface area (Å²) in [6.45, 7) is 0.927. The fourth-order valence-corrected chi connectivity index (χ4v) is 3.95. The lowest BCUT2D eigenvalue weighted by molar-refractivity contribution is -0.0588. The van der Waals surface area contributed by atoms with Gasteiger partial charge in [0.05, 0.1) is 11.7 Å². The monoisotopic (exact) mass is 307 g/mol. The quantitative estimate of drug-likeness (QED) is 0.792. The van der Waals surface area contributed by atoms with Crippen LogP contribution in [0.2, 0.25) is 0 Å². The third-order valence-electron chi connectivity index (χ3n) is 4.97. The Morgan fingerprint density at radius 3 is 2.57 bits per heavy atom. The predicted molar refractivity (Wildman–Crippen MR) is 89.3 cm³/mol. The third-order valence-corrected chi connectivity index (χ3v) is 5.16. The zero-order valence-electron chi connectivity index (χ0n) is 12.7. The van der Waals surface area contributed by atoms with E-state index in [2.05, 4.69) is 29.6 Å². The molecule has 0 radical (unpaired) electrons. The molecule has 1 atom stereocenters. The highest BCUT2D eigenvalue weighted by Gasteiger charge is 2.40. The summed E-state index contributed by atoms with van der Waals surface area (Å²) in [5.74, 6) is 0.685. The Bertz CT molecular complexity index is 439. The summed E-state index contributed by atoms with van der Waals surface area (Å²) in [5, 5.41) is 3.52. The fourth-order valence-electron chi connectivity index (χ4n) is 3.73. The number of ether oxygens (including phenoxy) is 1. The average molecular weight is 308 g/mol. The fraction of sp³-hybridized carbons (Fsp3) is 0.667. The summed E-state index contributed by atoms with van der Waals surface area (Å²) in [4.78, 5) is 0. The van der Waals surface area contributed by atoms with Crippen LogP contribution in [0.3, 0.4) is 0 Å². The van der Waals surface area contributed by atoms with E-state index in [-0.39, 0.29) is 5.60 Å². The first-order valence-corrected chi connectivity index (χ1v) is 8.90. The van der Waals surface area contributed by atoms with Crippen LogP contribution in [0.15, 0.2) is 24.3 Å². The van der Waals surface area contributed by atoms with Gasteiger partial charge in [-0.1, -0.05) is 31.4 Å². The van der Waals surface area contributed by atoms with Gasteiger partial charge in [-0.3, -0.25) is 0 Å². The van der Waals surface area contributed by atoms with E-state index in [1.165, 1.54) is 56.2 Å². The van der Waals surface area contributed by atoms with Gasteiger partial charge >= 0.3 is 0 Å². The first-order chi connectivity index (χ1) is 10.3. The molecule has 1 aliphatic heterocycles. The van der Waals surface area contributed by atoms with Gasteiger partial charge in [0.25, 0.3) is 0 Å². The molecule has 1 spiro atoms. The van der Waals surface area contributed by atoms with E-state index < -0.39 is 0 Å². The highest BCUT2D eigenvalue weighted by Crippen LogP contribution is 2.41. The molecule has 3 rings (SSSR count). The first kappa shape index (κ1) is 15.2. The SMILES string of the molecule is ClCCc1ccc(NCC2CCC3(CCCCC3)O2)cc1. The number of anilines is 1. The van der Waals surface area contributed by atoms with Crippen LogP contribution < -0.4 is 5.32 Å². The first-order valence-electron chi connectivity index (χ1n) is 8.36. The number of aryl methyl sites for hydroxylation is 1. The van der Waals surface area contributed by atoms with Gasteiger partial charge in [0.2, 0.25) is 0 Å². The molecule has 0 aromatic heterocycles. The molecule has 2 aliphatic rings. The van der Waals surface area contributed by atoms with E-state index in [0.29, 0.717) is 12.0 Å². The highest BCUT2D eigenvalue weighted by atomic mass is 35.5. The molecule has 1 saturated carbocycles. The van der Waals surface area contributed by atoms with Gasteiger partial charge in [-0.25, -0.2) is 0 Å². The summed E-state index contributed by atoms with van der Waals surface area (Å²) >= 11 is 5.76. The molecule has 21 heavy (non-hydrogen) atoms. The van der Waals surface area contributed by atoms with Crippen molar-refractivity contribution < 1.29 is 4.74 Å². The number of hydrogen-bond donors (Lipinski definition) is 1. The van der Waals surface area contributed by atoms with Gasteiger partial charge in [0.1, 0.15) is 0 Å². The van der Waals surface area contributed by atoms with Crippen LogP contribution in [0, 0.1) is 0 Å². The van der Waals surface area contributed by atoms with Crippen molar-refractivity contribution >= 4 is 17.3 Å². The van der Waals surface area contributed by atoms with Crippen molar-refractivity contribution in [1.82, 2.24) is 0 Å². The van der Waals surface area contributed by atoms with E-state index in [4.69, 9.17) is 16.3 Å². The number of benzene rings is 1. The van der Waals surface area contributed by atoms with Crippen molar-refractivity contribution in [2.45, 2.75) is 63.1 Å². The Balaban J connectivity index is 1.47. The maximum absolute atomic E-state index is 6.39. The topological polar surface area (TPSA) is 21.3 Å². The lowest BCUT2D eigenvalue weighted by atomic mass is 9.83. The Kier molecular flexibility index (Phi) is 5.07. The molecule has 0 bridgehead atoms. The van der Waals surface area contributed by atoms with Crippen molar-refractivity contribution in [3.8, 4) is 0 Å². The van der Waals surface area contributed by atoms with Crippen molar-refractivity contribution in [2.75, 3.05) is 17.7 Å². The highest BCUT2D eigenvalue weighted by molar-refractivity contribution is 6.17. The van der Waals surface area contributed by atoms with E-state index in [1.807, 2.05) is 0 Å². The predicted octanol–water partition coefficient (Wildman–Crippen LogP) is 4.76. The molecular weight excluding hydrogens is 282 g/mol. The molecular formula is C18H26ClNO. The largest absolute Gasteiger partial charge is 0.382 e. The van der Waals surface area contributed by atoms with Crippen LogP contribution in [0.4, 0.5) is 5.69 Å². The van der Waals surface area contributed by atoms with Crippen LogP contribution in [-0.2, 0) is 11.2 Å². The second kappa shape index (κ2) is 7.02. The molecule has 2 fully saturated rings. The number of rotatable bonds is 5. The molecule has 1 aliphatic carbocycles. The van der Waals surface area contributed by atoms with Crippen LogP contribution in [0.5, 0.6) is 0 Å². The molecule has 1 aromatic rings. The smallest absolute Gasteiger partial charge is 0.0756 e. The van der Waals surface area contributed by atoms with Crippen molar-refractivity contribution in [3.05, 3.63) is 29.8 Å². The number of alkyl halides is 1. The standard InChI is InChI=1S/C18H26ClNO/c19-13-9-15-4-6-16(7-5-15)20-14-17-8-12-18(21-17)10-2-1-3-11-18/h4-7,17,20H,1-3,8-14H2. The van der Waals surface area contributed by atoms with Gasteiger partial charge in [-0.2, -0.15) is 0 Å². The molecule has 3 heteroatoms. The lowest BCUT2D eigenvalue weighted by Gasteiger charge is -2.33. The molecule has 1 N–H and O–H groups in total. The van der Waals surface area contributed by atoms with Gasteiger partial charge in [0, 0.05) is 18.1 Å². The summed E-state index contributed by atoms with van der Waals surface area (Å²) in [6.07, 6.45) is 10.4. The Morgan fingerprint density at radius 2 is 1.86 bits per heavy atom. The maximum atomic E-state index is 6.39. The van der Waals surface area contributed by atoms with Crippen LogP contribution in [0.1, 0.15) is 50.5 Å². The number of hydrogen-bond acceptors (Lipinski definition) is 2. The van der Waals surface area contributed by atoms with Crippen LogP contribution >= 0.6 is 11.6 Å². The van der Waals surface area contributed by atoms with Crippen LogP contribution in [0.25, 0.3) is 0 Å². The summed E-state index contributed by atoms with van der Waals surface area (Å²) in [6, 6.07) is 8.60. The van der Waals surface area contributed by atoms with Crippen molar-refractivity contribution in [2.24, 2.45) is 0 Å². The normalized spacial score (nSPS) is 24.3. The molecule has 1 unspecified atom stereocenters. The Morgan fingerprint density at radius 1 is 1.10 bits per heavy atom. The number of nitrogens with one attached hydrogen (secondary N) is 1. The van der Waals surface area contributed by atoms with E-state index >= 15 is 0 Å². The minimum atomic E-state index is 0.231. The van der Waals surface area contributed by atoms with Gasteiger partial charge in [-0.05, 0) is 49.8 Å². The van der Waals surface area contributed by atoms with Crippen molar-refractivity contribution in [1.29, 1.82) is 0 Å². The molecule has 0 amide bonds. The molecule has 116 valence electrons. The van der Waals surface area contributed by atoms with Gasteiger partial charge < -0.3 is 10.1 Å². The van der Waals surface area contributed by atoms with Gasteiger partial charge in [0.15, 0.2) is 0 Å². The second-order valence-electron chi connectivity index (χ2n) is 6.54. The van der Waals surface area contributed by atoms with Crippen LogP contribution in [-0.4, -0.2) is 24.1 Å². The molecule has 1 saturated heterocycles.